The molecule has 4 rings (SSSR count). The Morgan fingerprint density at radius 3 is 2.59 bits per heavy atom. The molecule has 2 aromatic carbocycles. The van der Waals surface area contributed by atoms with Crippen molar-refractivity contribution in [1.29, 1.82) is 0 Å². The van der Waals surface area contributed by atoms with E-state index in [2.05, 4.69) is 10.6 Å². The van der Waals surface area contributed by atoms with Gasteiger partial charge in [-0.05, 0) is 55.3 Å². The molecule has 0 spiro atoms. The molecule has 1 fully saturated rings. The number of rotatable bonds is 7. The zero-order valence-electron chi connectivity index (χ0n) is 15.6. The number of carbonyl (C=O) groups excluding carboxylic acids is 2. The standard InChI is InChI=1S/C22H20ClN3O3/c23-16-8-9-19(20(12-16)26-10-1-2-11-26)25-21(27)14-29-18-5-3-4-17(13-18)24-22(28)15-6-7-15/h1-5,8-13,15H,6-7,14H2,(H,24,28)(H,25,27). The van der Waals surface area contributed by atoms with Crippen molar-refractivity contribution in [1.82, 2.24) is 4.57 Å². The number of halogens is 1. The largest absolute Gasteiger partial charge is 0.484 e. The summed E-state index contributed by atoms with van der Waals surface area (Å²) in [4.78, 5) is 24.3. The molecule has 148 valence electrons. The van der Waals surface area contributed by atoms with Crippen molar-refractivity contribution >= 4 is 34.8 Å². The number of aromatic nitrogens is 1. The number of nitrogens with one attached hydrogen (secondary N) is 2. The third-order valence-corrected chi connectivity index (χ3v) is 4.77. The average Bonchev–Trinajstić information content (AvgIpc) is 3.43. The summed E-state index contributed by atoms with van der Waals surface area (Å²) in [5.41, 5.74) is 2.05. The van der Waals surface area contributed by atoms with Gasteiger partial charge in [0.25, 0.3) is 5.91 Å². The number of carbonyl (C=O) groups is 2. The molecule has 0 unspecified atom stereocenters. The van der Waals surface area contributed by atoms with E-state index in [-0.39, 0.29) is 24.3 Å². The van der Waals surface area contributed by atoms with Crippen molar-refractivity contribution in [3.8, 4) is 11.4 Å². The number of anilines is 2. The van der Waals surface area contributed by atoms with E-state index in [0.29, 0.717) is 22.1 Å². The lowest BCUT2D eigenvalue weighted by atomic mass is 10.2. The normalized spacial score (nSPS) is 13.0. The predicted molar refractivity (Wildman–Crippen MR) is 113 cm³/mol. The molecule has 3 aromatic rings. The van der Waals surface area contributed by atoms with Gasteiger partial charge in [0, 0.05) is 35.1 Å². The highest BCUT2D eigenvalue weighted by Crippen LogP contribution is 2.30. The lowest BCUT2D eigenvalue weighted by Crippen LogP contribution is -2.21. The molecule has 2 N–H and O–H groups in total. The minimum absolute atomic E-state index is 0.0279. The maximum atomic E-state index is 12.4. The van der Waals surface area contributed by atoms with Crippen molar-refractivity contribution < 1.29 is 14.3 Å². The Balaban J connectivity index is 1.38. The molecule has 1 aromatic heterocycles. The van der Waals surface area contributed by atoms with Crippen molar-refractivity contribution in [3.05, 3.63) is 72.0 Å². The molecular formula is C22H20ClN3O3. The zero-order valence-corrected chi connectivity index (χ0v) is 16.4. The quantitative estimate of drug-likeness (QED) is 0.603. The van der Waals surface area contributed by atoms with Gasteiger partial charge in [-0.3, -0.25) is 9.59 Å². The summed E-state index contributed by atoms with van der Waals surface area (Å²) in [5, 5.41) is 6.30. The van der Waals surface area contributed by atoms with Crippen LogP contribution in [-0.4, -0.2) is 23.0 Å². The van der Waals surface area contributed by atoms with Crippen LogP contribution in [0.25, 0.3) is 5.69 Å². The molecule has 0 bridgehead atoms. The number of hydrogen-bond donors (Lipinski definition) is 2. The van der Waals surface area contributed by atoms with Crippen LogP contribution in [0, 0.1) is 5.92 Å². The van der Waals surface area contributed by atoms with E-state index in [9.17, 15) is 9.59 Å². The van der Waals surface area contributed by atoms with Crippen molar-refractivity contribution in [3.63, 3.8) is 0 Å². The zero-order chi connectivity index (χ0) is 20.2. The molecule has 7 heteroatoms. The van der Waals surface area contributed by atoms with Gasteiger partial charge in [-0.1, -0.05) is 17.7 Å². The fourth-order valence-electron chi connectivity index (χ4n) is 2.91. The number of benzene rings is 2. The summed E-state index contributed by atoms with van der Waals surface area (Å²) in [6.45, 7) is -0.159. The van der Waals surface area contributed by atoms with E-state index >= 15 is 0 Å². The molecule has 1 aliphatic carbocycles. The van der Waals surface area contributed by atoms with Crippen molar-refractivity contribution in [2.45, 2.75) is 12.8 Å². The van der Waals surface area contributed by atoms with Gasteiger partial charge in [0.1, 0.15) is 5.75 Å². The molecule has 1 aliphatic rings. The van der Waals surface area contributed by atoms with Crippen molar-refractivity contribution in [2.24, 2.45) is 5.92 Å². The van der Waals surface area contributed by atoms with Crippen LogP contribution in [0.3, 0.4) is 0 Å². The number of ether oxygens (including phenoxy) is 1. The summed E-state index contributed by atoms with van der Waals surface area (Å²) < 4.78 is 7.47. The molecule has 1 heterocycles. The maximum absolute atomic E-state index is 12.4. The topological polar surface area (TPSA) is 72.4 Å². The third kappa shape index (κ3) is 4.97. The molecule has 29 heavy (non-hydrogen) atoms. The van der Waals surface area contributed by atoms with Crippen LogP contribution < -0.4 is 15.4 Å². The minimum atomic E-state index is -0.298. The highest BCUT2D eigenvalue weighted by atomic mass is 35.5. The number of amides is 2. The fourth-order valence-corrected chi connectivity index (χ4v) is 3.07. The van der Waals surface area contributed by atoms with Gasteiger partial charge in [-0.25, -0.2) is 0 Å². The molecular weight excluding hydrogens is 390 g/mol. The Labute approximate surface area is 173 Å². The molecule has 6 nitrogen and oxygen atoms in total. The van der Waals surface area contributed by atoms with Gasteiger partial charge in [-0.2, -0.15) is 0 Å². The van der Waals surface area contributed by atoms with Gasteiger partial charge < -0.3 is 19.9 Å². The second kappa shape index (κ2) is 8.41. The van der Waals surface area contributed by atoms with Crippen LogP contribution in [0.5, 0.6) is 5.75 Å². The minimum Gasteiger partial charge on any atom is -0.484 e. The monoisotopic (exact) mass is 409 g/mol. The Hall–Kier alpha value is -3.25. The Kier molecular flexibility index (Phi) is 5.53. The van der Waals surface area contributed by atoms with Gasteiger partial charge in [0.15, 0.2) is 6.61 Å². The smallest absolute Gasteiger partial charge is 0.262 e. The van der Waals surface area contributed by atoms with Crippen LogP contribution in [0.2, 0.25) is 5.02 Å². The van der Waals surface area contributed by atoms with E-state index in [1.165, 1.54) is 0 Å². The van der Waals surface area contributed by atoms with Crippen molar-refractivity contribution in [2.75, 3.05) is 17.2 Å². The lowest BCUT2D eigenvalue weighted by molar-refractivity contribution is -0.118. The predicted octanol–water partition coefficient (Wildman–Crippen LogP) is 4.50. The van der Waals surface area contributed by atoms with Crippen LogP contribution in [0.4, 0.5) is 11.4 Å². The second-order valence-corrected chi connectivity index (χ2v) is 7.32. The molecule has 0 aliphatic heterocycles. The van der Waals surface area contributed by atoms with Crippen LogP contribution in [-0.2, 0) is 9.59 Å². The molecule has 2 amide bonds. The Bertz CT molecular complexity index is 1030. The third-order valence-electron chi connectivity index (χ3n) is 4.54. The summed E-state index contributed by atoms with van der Waals surface area (Å²) in [7, 11) is 0. The first kappa shape index (κ1) is 19.1. The van der Waals surface area contributed by atoms with E-state index in [0.717, 1.165) is 18.5 Å². The molecule has 0 saturated heterocycles. The van der Waals surface area contributed by atoms with E-state index in [1.54, 1.807) is 42.5 Å². The first-order valence-corrected chi connectivity index (χ1v) is 9.73. The summed E-state index contributed by atoms with van der Waals surface area (Å²) in [6, 6.07) is 16.1. The summed E-state index contributed by atoms with van der Waals surface area (Å²) in [5.74, 6) is 0.364. The lowest BCUT2D eigenvalue weighted by Gasteiger charge is -2.13. The SMILES string of the molecule is O=C(COc1cccc(NC(=O)C2CC2)c1)Nc1ccc(Cl)cc1-n1cccc1. The van der Waals surface area contributed by atoms with Gasteiger partial charge in [0.2, 0.25) is 5.91 Å². The fraction of sp³-hybridized carbons (Fsp3) is 0.182. The molecule has 0 atom stereocenters. The van der Waals surface area contributed by atoms with Gasteiger partial charge >= 0.3 is 0 Å². The van der Waals surface area contributed by atoms with Crippen LogP contribution in [0.1, 0.15) is 12.8 Å². The number of hydrogen-bond acceptors (Lipinski definition) is 3. The van der Waals surface area contributed by atoms with Gasteiger partial charge in [0.05, 0.1) is 11.4 Å². The average molecular weight is 410 g/mol. The van der Waals surface area contributed by atoms with Gasteiger partial charge in [-0.15, -0.1) is 0 Å². The first-order chi connectivity index (χ1) is 14.1. The van der Waals surface area contributed by atoms with E-state index < -0.39 is 0 Å². The first-order valence-electron chi connectivity index (χ1n) is 9.35. The highest BCUT2D eigenvalue weighted by molar-refractivity contribution is 6.31. The summed E-state index contributed by atoms with van der Waals surface area (Å²) >= 11 is 6.10. The molecule has 0 radical (unpaired) electrons. The summed E-state index contributed by atoms with van der Waals surface area (Å²) in [6.07, 6.45) is 5.63. The Morgan fingerprint density at radius 2 is 1.83 bits per heavy atom. The number of nitrogens with zero attached hydrogens (tertiary/aromatic N) is 1. The van der Waals surface area contributed by atoms with E-state index in [1.807, 2.05) is 29.1 Å². The van der Waals surface area contributed by atoms with Crippen LogP contribution >= 0.6 is 11.6 Å². The second-order valence-electron chi connectivity index (χ2n) is 6.88. The van der Waals surface area contributed by atoms with E-state index in [4.69, 9.17) is 16.3 Å². The maximum Gasteiger partial charge on any atom is 0.262 e. The Morgan fingerprint density at radius 1 is 1.03 bits per heavy atom. The highest BCUT2D eigenvalue weighted by Gasteiger charge is 2.29. The molecule has 1 saturated carbocycles. The van der Waals surface area contributed by atoms with Crippen LogP contribution in [0.15, 0.2) is 67.0 Å².